The highest BCUT2D eigenvalue weighted by molar-refractivity contribution is 5.81. The van der Waals surface area contributed by atoms with E-state index in [1.54, 1.807) is 0 Å². The first-order valence-corrected chi connectivity index (χ1v) is 6.47. The Balaban J connectivity index is 2.02. The quantitative estimate of drug-likeness (QED) is 0.859. The highest BCUT2D eigenvalue weighted by Crippen LogP contribution is 2.29. The molecule has 0 saturated heterocycles. The average molecular weight is 229 g/mol. The van der Waals surface area contributed by atoms with Crippen LogP contribution in [0.15, 0.2) is 18.2 Å². The fourth-order valence-electron chi connectivity index (χ4n) is 2.95. The van der Waals surface area contributed by atoms with Gasteiger partial charge in [0.2, 0.25) is 5.95 Å². The van der Waals surface area contributed by atoms with Crippen molar-refractivity contribution < 1.29 is 0 Å². The molecule has 0 bridgehead atoms. The molecule has 1 aliphatic carbocycles. The molecule has 0 unspecified atom stereocenters. The predicted octanol–water partition coefficient (Wildman–Crippen LogP) is 3.12. The van der Waals surface area contributed by atoms with Gasteiger partial charge in [0.15, 0.2) is 0 Å². The second kappa shape index (κ2) is 4.06. The van der Waals surface area contributed by atoms with E-state index in [9.17, 15) is 0 Å². The molecule has 1 fully saturated rings. The van der Waals surface area contributed by atoms with Crippen LogP contribution in [0.4, 0.5) is 5.95 Å². The van der Waals surface area contributed by atoms with E-state index in [0.717, 1.165) is 18.0 Å². The van der Waals surface area contributed by atoms with E-state index in [4.69, 9.17) is 5.73 Å². The minimum absolute atomic E-state index is 0.668. The molecule has 3 nitrogen and oxygen atoms in total. The van der Waals surface area contributed by atoms with Crippen molar-refractivity contribution >= 4 is 17.0 Å². The second-order valence-corrected chi connectivity index (χ2v) is 5.17. The molecule has 2 N–H and O–H groups in total. The molecule has 90 valence electrons. The number of benzene rings is 1. The summed E-state index contributed by atoms with van der Waals surface area (Å²) in [6.07, 6.45) is 5.42. The minimum atomic E-state index is 0.668. The Morgan fingerprint density at radius 1 is 1.35 bits per heavy atom. The van der Waals surface area contributed by atoms with Crippen LogP contribution in [-0.2, 0) is 6.54 Å². The standard InChI is InChI=1S/C14H19N3/c1-10-5-4-8-12-13(10)16-14(15)17(12)9-11-6-2-3-7-11/h4-5,8,11H,2-3,6-7,9H2,1H3,(H2,15,16). The lowest BCUT2D eigenvalue weighted by atomic mass is 10.1. The molecular weight excluding hydrogens is 210 g/mol. The lowest BCUT2D eigenvalue weighted by Crippen LogP contribution is -2.10. The molecule has 0 radical (unpaired) electrons. The first-order valence-electron chi connectivity index (χ1n) is 6.47. The van der Waals surface area contributed by atoms with Crippen LogP contribution in [0.25, 0.3) is 11.0 Å². The van der Waals surface area contributed by atoms with Crippen molar-refractivity contribution in [1.29, 1.82) is 0 Å². The molecule has 1 heterocycles. The molecule has 17 heavy (non-hydrogen) atoms. The number of imidazole rings is 1. The second-order valence-electron chi connectivity index (χ2n) is 5.17. The van der Waals surface area contributed by atoms with Crippen LogP contribution in [0.2, 0.25) is 0 Å². The van der Waals surface area contributed by atoms with Gasteiger partial charge < -0.3 is 10.3 Å². The summed E-state index contributed by atoms with van der Waals surface area (Å²) in [6.45, 7) is 3.13. The number of nitrogens with zero attached hydrogens (tertiary/aromatic N) is 2. The van der Waals surface area contributed by atoms with Gasteiger partial charge in [-0.2, -0.15) is 0 Å². The predicted molar refractivity (Wildman–Crippen MR) is 70.8 cm³/mol. The molecule has 3 heteroatoms. The van der Waals surface area contributed by atoms with Gasteiger partial charge in [-0.15, -0.1) is 0 Å². The Morgan fingerprint density at radius 2 is 2.12 bits per heavy atom. The Bertz CT molecular complexity index is 536. The molecule has 1 aromatic heterocycles. The molecule has 0 aliphatic heterocycles. The fourth-order valence-corrected chi connectivity index (χ4v) is 2.95. The molecule has 0 atom stereocenters. The van der Waals surface area contributed by atoms with Gasteiger partial charge >= 0.3 is 0 Å². The summed E-state index contributed by atoms with van der Waals surface area (Å²) in [5.41, 5.74) is 9.51. The van der Waals surface area contributed by atoms with Crippen molar-refractivity contribution in [3.05, 3.63) is 23.8 Å². The van der Waals surface area contributed by atoms with Gasteiger partial charge in [0, 0.05) is 6.54 Å². The van der Waals surface area contributed by atoms with Crippen molar-refractivity contribution in [3.8, 4) is 0 Å². The zero-order valence-corrected chi connectivity index (χ0v) is 10.3. The molecule has 1 aromatic carbocycles. The molecule has 1 aliphatic rings. The van der Waals surface area contributed by atoms with Gasteiger partial charge in [-0.3, -0.25) is 0 Å². The van der Waals surface area contributed by atoms with E-state index < -0.39 is 0 Å². The lowest BCUT2D eigenvalue weighted by Gasteiger charge is -2.12. The number of hydrogen-bond donors (Lipinski definition) is 1. The summed E-state index contributed by atoms with van der Waals surface area (Å²) in [4.78, 5) is 4.50. The van der Waals surface area contributed by atoms with Crippen LogP contribution >= 0.6 is 0 Å². The third kappa shape index (κ3) is 1.79. The van der Waals surface area contributed by atoms with Gasteiger partial charge in [0.05, 0.1) is 11.0 Å². The average Bonchev–Trinajstić information content (AvgIpc) is 2.91. The first-order chi connectivity index (χ1) is 8.25. The Labute approximate surface area is 102 Å². The number of rotatable bonds is 2. The fraction of sp³-hybridized carbons (Fsp3) is 0.500. The highest BCUT2D eigenvalue weighted by Gasteiger charge is 2.18. The van der Waals surface area contributed by atoms with Crippen LogP contribution in [0.5, 0.6) is 0 Å². The van der Waals surface area contributed by atoms with Gasteiger partial charge in [0.1, 0.15) is 0 Å². The Hall–Kier alpha value is -1.51. The van der Waals surface area contributed by atoms with Crippen molar-refractivity contribution in [3.63, 3.8) is 0 Å². The van der Waals surface area contributed by atoms with Gasteiger partial charge in [-0.1, -0.05) is 25.0 Å². The maximum Gasteiger partial charge on any atom is 0.201 e. The topological polar surface area (TPSA) is 43.8 Å². The van der Waals surface area contributed by atoms with Crippen LogP contribution < -0.4 is 5.73 Å². The van der Waals surface area contributed by atoms with E-state index in [-0.39, 0.29) is 0 Å². The Kier molecular flexibility index (Phi) is 2.54. The summed E-state index contributed by atoms with van der Waals surface area (Å²) >= 11 is 0. The number of fused-ring (bicyclic) bond motifs is 1. The molecule has 3 rings (SSSR count). The van der Waals surface area contributed by atoms with E-state index in [2.05, 4.69) is 34.7 Å². The van der Waals surface area contributed by atoms with Crippen molar-refractivity contribution in [2.75, 3.05) is 5.73 Å². The van der Waals surface area contributed by atoms with Crippen molar-refractivity contribution in [1.82, 2.24) is 9.55 Å². The summed E-state index contributed by atoms with van der Waals surface area (Å²) in [5, 5.41) is 0. The summed E-state index contributed by atoms with van der Waals surface area (Å²) in [5.74, 6) is 1.46. The zero-order valence-electron chi connectivity index (χ0n) is 10.3. The number of aromatic nitrogens is 2. The highest BCUT2D eigenvalue weighted by atomic mass is 15.2. The molecule has 0 spiro atoms. The van der Waals surface area contributed by atoms with E-state index in [1.807, 2.05) is 0 Å². The van der Waals surface area contributed by atoms with Crippen LogP contribution in [0.1, 0.15) is 31.2 Å². The van der Waals surface area contributed by atoms with Gasteiger partial charge in [-0.05, 0) is 37.3 Å². The number of hydrogen-bond acceptors (Lipinski definition) is 2. The minimum Gasteiger partial charge on any atom is -0.369 e. The Morgan fingerprint density at radius 3 is 2.88 bits per heavy atom. The summed E-state index contributed by atoms with van der Waals surface area (Å²) < 4.78 is 2.19. The number of anilines is 1. The third-order valence-electron chi connectivity index (χ3n) is 3.93. The van der Waals surface area contributed by atoms with E-state index in [1.165, 1.54) is 36.8 Å². The van der Waals surface area contributed by atoms with Crippen LogP contribution in [-0.4, -0.2) is 9.55 Å². The number of nitrogens with two attached hydrogens (primary N) is 1. The van der Waals surface area contributed by atoms with Crippen molar-refractivity contribution in [2.45, 2.75) is 39.2 Å². The largest absolute Gasteiger partial charge is 0.369 e. The number of para-hydroxylation sites is 1. The molecule has 0 amide bonds. The SMILES string of the molecule is Cc1cccc2c1nc(N)n2CC1CCCC1. The summed E-state index contributed by atoms with van der Waals surface area (Å²) in [7, 11) is 0. The maximum absolute atomic E-state index is 6.05. The van der Waals surface area contributed by atoms with Crippen molar-refractivity contribution in [2.24, 2.45) is 5.92 Å². The monoisotopic (exact) mass is 229 g/mol. The zero-order chi connectivity index (χ0) is 11.8. The number of nitrogen functional groups attached to an aromatic ring is 1. The van der Waals surface area contributed by atoms with E-state index in [0.29, 0.717) is 5.95 Å². The summed E-state index contributed by atoms with van der Waals surface area (Å²) in [6, 6.07) is 6.30. The van der Waals surface area contributed by atoms with Crippen LogP contribution in [0.3, 0.4) is 0 Å². The molecule has 1 saturated carbocycles. The van der Waals surface area contributed by atoms with Gasteiger partial charge in [-0.25, -0.2) is 4.98 Å². The van der Waals surface area contributed by atoms with Crippen LogP contribution in [0, 0.1) is 12.8 Å². The number of aryl methyl sites for hydroxylation is 1. The first kappa shape index (κ1) is 10.6. The maximum atomic E-state index is 6.05. The third-order valence-corrected chi connectivity index (χ3v) is 3.93. The molecule has 2 aromatic rings. The van der Waals surface area contributed by atoms with E-state index >= 15 is 0 Å². The smallest absolute Gasteiger partial charge is 0.201 e. The normalized spacial score (nSPS) is 17.0. The lowest BCUT2D eigenvalue weighted by molar-refractivity contribution is 0.468. The van der Waals surface area contributed by atoms with Gasteiger partial charge in [0.25, 0.3) is 0 Å². The molecular formula is C14H19N3.